The Morgan fingerprint density at radius 2 is 1.91 bits per heavy atom. The van der Waals surface area contributed by atoms with Crippen molar-refractivity contribution in [2.75, 3.05) is 0 Å². The Morgan fingerprint density at radius 1 is 1.27 bits per heavy atom. The van der Waals surface area contributed by atoms with Gasteiger partial charge in [-0.3, -0.25) is 0 Å². The third-order valence-electron chi connectivity index (χ3n) is 3.56. The molecule has 0 spiro atoms. The molecule has 0 nitrogen and oxygen atoms in total. The SMILES string of the molecule is CC(C)[C@]12C[C@H]1CC(F)(F)C2. The van der Waals surface area contributed by atoms with Crippen molar-refractivity contribution in [1.29, 1.82) is 0 Å². The van der Waals surface area contributed by atoms with Crippen molar-refractivity contribution in [3.8, 4) is 0 Å². The summed E-state index contributed by atoms with van der Waals surface area (Å²) in [7, 11) is 0. The predicted molar refractivity (Wildman–Crippen MR) is 39.6 cm³/mol. The molecule has 0 bridgehead atoms. The van der Waals surface area contributed by atoms with E-state index in [4.69, 9.17) is 0 Å². The van der Waals surface area contributed by atoms with Crippen LogP contribution in [0.1, 0.15) is 33.1 Å². The van der Waals surface area contributed by atoms with Crippen LogP contribution >= 0.6 is 0 Å². The van der Waals surface area contributed by atoms with Gasteiger partial charge < -0.3 is 0 Å². The van der Waals surface area contributed by atoms with Crippen LogP contribution in [0.25, 0.3) is 0 Å². The Kier molecular flexibility index (Phi) is 1.21. The van der Waals surface area contributed by atoms with Gasteiger partial charge in [0.25, 0.3) is 0 Å². The van der Waals surface area contributed by atoms with Crippen LogP contribution in [0.4, 0.5) is 8.78 Å². The van der Waals surface area contributed by atoms with Gasteiger partial charge in [0.05, 0.1) is 0 Å². The molecule has 0 unspecified atom stereocenters. The maximum absolute atomic E-state index is 12.8. The molecule has 0 saturated heterocycles. The lowest BCUT2D eigenvalue weighted by Gasteiger charge is -2.19. The molecule has 2 aliphatic rings. The van der Waals surface area contributed by atoms with Crippen molar-refractivity contribution >= 4 is 0 Å². The van der Waals surface area contributed by atoms with Crippen molar-refractivity contribution in [1.82, 2.24) is 0 Å². The van der Waals surface area contributed by atoms with E-state index in [0.717, 1.165) is 6.42 Å². The first-order chi connectivity index (χ1) is 4.96. The predicted octanol–water partition coefficient (Wildman–Crippen LogP) is 3.08. The quantitative estimate of drug-likeness (QED) is 0.553. The number of hydrogen-bond donors (Lipinski definition) is 0. The number of rotatable bonds is 1. The highest BCUT2D eigenvalue weighted by Gasteiger charge is 2.67. The average Bonchev–Trinajstić information content (AvgIpc) is 2.35. The van der Waals surface area contributed by atoms with Gasteiger partial charge in [-0.05, 0) is 23.7 Å². The summed E-state index contributed by atoms with van der Waals surface area (Å²) < 4.78 is 25.7. The Morgan fingerprint density at radius 3 is 2.18 bits per heavy atom. The van der Waals surface area contributed by atoms with Gasteiger partial charge in [-0.25, -0.2) is 8.78 Å². The molecule has 0 aromatic heterocycles. The van der Waals surface area contributed by atoms with E-state index in [2.05, 4.69) is 13.8 Å². The minimum atomic E-state index is -2.34. The van der Waals surface area contributed by atoms with Crippen molar-refractivity contribution in [2.24, 2.45) is 17.3 Å². The average molecular weight is 160 g/mol. The zero-order valence-corrected chi connectivity index (χ0v) is 7.03. The van der Waals surface area contributed by atoms with E-state index in [-0.39, 0.29) is 18.3 Å². The Labute approximate surface area is 66.0 Å². The summed E-state index contributed by atoms with van der Waals surface area (Å²) in [5.41, 5.74) is 0.0451. The van der Waals surface area contributed by atoms with Crippen LogP contribution in [0.3, 0.4) is 0 Å². The Bertz CT molecular complexity index is 186. The molecule has 0 radical (unpaired) electrons. The van der Waals surface area contributed by atoms with E-state index in [1.807, 2.05) is 0 Å². The second kappa shape index (κ2) is 1.78. The molecule has 0 aliphatic heterocycles. The molecular weight excluding hydrogens is 146 g/mol. The van der Waals surface area contributed by atoms with Crippen LogP contribution in [0.5, 0.6) is 0 Å². The molecule has 0 heterocycles. The zero-order valence-electron chi connectivity index (χ0n) is 7.03. The van der Waals surface area contributed by atoms with Crippen LogP contribution < -0.4 is 0 Å². The molecule has 2 aliphatic carbocycles. The van der Waals surface area contributed by atoms with Crippen molar-refractivity contribution in [2.45, 2.75) is 39.0 Å². The zero-order chi connectivity index (χ0) is 8.28. The minimum Gasteiger partial charge on any atom is -0.207 e. The van der Waals surface area contributed by atoms with E-state index in [0.29, 0.717) is 11.8 Å². The molecule has 64 valence electrons. The fourth-order valence-corrected chi connectivity index (χ4v) is 2.72. The third kappa shape index (κ3) is 0.911. The molecule has 2 rings (SSSR count). The van der Waals surface area contributed by atoms with Crippen LogP contribution in [0.2, 0.25) is 0 Å². The van der Waals surface area contributed by atoms with Crippen molar-refractivity contribution in [3.63, 3.8) is 0 Å². The maximum Gasteiger partial charge on any atom is 0.249 e. The molecule has 0 aromatic rings. The van der Waals surface area contributed by atoms with Crippen LogP contribution in [-0.4, -0.2) is 5.92 Å². The van der Waals surface area contributed by atoms with Gasteiger partial charge in [-0.2, -0.15) is 0 Å². The van der Waals surface area contributed by atoms with E-state index in [1.54, 1.807) is 0 Å². The molecule has 0 aromatic carbocycles. The molecular formula is C9H14F2. The highest BCUT2D eigenvalue weighted by Crippen LogP contribution is 2.71. The molecule has 2 atom stereocenters. The molecule has 0 amide bonds. The molecule has 11 heavy (non-hydrogen) atoms. The molecule has 2 fully saturated rings. The van der Waals surface area contributed by atoms with Gasteiger partial charge >= 0.3 is 0 Å². The summed E-state index contributed by atoms with van der Waals surface area (Å²) in [6.45, 7) is 4.14. The number of halogens is 2. The second-order valence-electron chi connectivity index (χ2n) is 4.53. The number of alkyl halides is 2. The lowest BCUT2D eigenvalue weighted by atomic mass is 9.89. The minimum absolute atomic E-state index is 0.0451. The van der Waals surface area contributed by atoms with E-state index < -0.39 is 5.92 Å². The van der Waals surface area contributed by atoms with E-state index in [1.165, 1.54) is 0 Å². The fourth-order valence-electron chi connectivity index (χ4n) is 2.72. The lowest BCUT2D eigenvalue weighted by Crippen LogP contribution is -2.17. The van der Waals surface area contributed by atoms with Crippen LogP contribution in [0, 0.1) is 17.3 Å². The largest absolute Gasteiger partial charge is 0.249 e. The third-order valence-corrected chi connectivity index (χ3v) is 3.56. The fraction of sp³-hybridized carbons (Fsp3) is 1.00. The summed E-state index contributed by atoms with van der Waals surface area (Å²) in [6.07, 6.45) is 1.37. The smallest absolute Gasteiger partial charge is 0.207 e. The molecule has 2 heteroatoms. The summed E-state index contributed by atoms with van der Waals surface area (Å²) >= 11 is 0. The first-order valence-electron chi connectivity index (χ1n) is 4.34. The standard InChI is InChI=1S/C9H14F2/c1-6(2)8-3-7(8)4-9(10,11)5-8/h6-7H,3-5H2,1-2H3/t7-,8+/m0/s1. The summed E-state index contributed by atoms with van der Waals surface area (Å²) in [6, 6.07) is 0. The highest BCUT2D eigenvalue weighted by molar-refractivity contribution is 5.13. The van der Waals surface area contributed by atoms with Gasteiger partial charge in [0.15, 0.2) is 0 Å². The van der Waals surface area contributed by atoms with Crippen LogP contribution in [-0.2, 0) is 0 Å². The number of hydrogen-bond acceptors (Lipinski definition) is 0. The van der Waals surface area contributed by atoms with Crippen molar-refractivity contribution in [3.05, 3.63) is 0 Å². The Hall–Kier alpha value is -0.140. The normalized spacial score (nSPS) is 46.1. The second-order valence-corrected chi connectivity index (χ2v) is 4.53. The van der Waals surface area contributed by atoms with Gasteiger partial charge in [-0.15, -0.1) is 0 Å². The van der Waals surface area contributed by atoms with Gasteiger partial charge in [0, 0.05) is 12.8 Å². The maximum atomic E-state index is 12.8. The first-order valence-corrected chi connectivity index (χ1v) is 4.34. The van der Waals surface area contributed by atoms with E-state index >= 15 is 0 Å². The van der Waals surface area contributed by atoms with Crippen molar-refractivity contribution < 1.29 is 8.78 Å². The van der Waals surface area contributed by atoms with Gasteiger partial charge in [0.1, 0.15) is 0 Å². The topological polar surface area (TPSA) is 0 Å². The van der Waals surface area contributed by atoms with E-state index in [9.17, 15) is 8.78 Å². The highest BCUT2D eigenvalue weighted by atomic mass is 19.3. The monoisotopic (exact) mass is 160 g/mol. The summed E-state index contributed by atoms with van der Waals surface area (Å²) in [5.74, 6) is -1.55. The molecule has 0 N–H and O–H groups in total. The van der Waals surface area contributed by atoms with Crippen LogP contribution in [0.15, 0.2) is 0 Å². The van der Waals surface area contributed by atoms with Gasteiger partial charge in [-0.1, -0.05) is 13.8 Å². The Balaban J connectivity index is 2.13. The lowest BCUT2D eigenvalue weighted by molar-refractivity contribution is -0.0138. The summed E-state index contributed by atoms with van der Waals surface area (Å²) in [5, 5.41) is 0. The number of fused-ring (bicyclic) bond motifs is 1. The first kappa shape index (κ1) is 7.51. The summed E-state index contributed by atoms with van der Waals surface area (Å²) in [4.78, 5) is 0. The van der Waals surface area contributed by atoms with Gasteiger partial charge in [0.2, 0.25) is 5.92 Å². The molecule has 2 saturated carbocycles.